The van der Waals surface area contributed by atoms with E-state index in [0.717, 1.165) is 17.7 Å². The largest absolute Gasteiger partial charge is 0.348 e. The van der Waals surface area contributed by atoms with E-state index in [4.69, 9.17) is 11.6 Å². The molecule has 1 N–H and O–H groups in total. The standard InChI is InChI=1S/C15H19ClN2O/c16-9-11-1-3-13(4-2-11)15(19)17-14-10-18-7-5-12(14)6-8-18/h1-4,12,14H,5-10H2,(H,17,19)/t14-/m1/s1. The number of alkyl halides is 1. The van der Waals surface area contributed by atoms with Gasteiger partial charge in [-0.25, -0.2) is 0 Å². The van der Waals surface area contributed by atoms with Crippen LogP contribution in [0.3, 0.4) is 0 Å². The molecule has 1 amide bonds. The van der Waals surface area contributed by atoms with Gasteiger partial charge in [0, 0.05) is 24.0 Å². The molecule has 102 valence electrons. The highest BCUT2D eigenvalue weighted by molar-refractivity contribution is 6.17. The smallest absolute Gasteiger partial charge is 0.251 e. The van der Waals surface area contributed by atoms with Crippen LogP contribution in [-0.4, -0.2) is 36.5 Å². The molecule has 3 heterocycles. The zero-order chi connectivity index (χ0) is 13.2. The number of amides is 1. The molecule has 19 heavy (non-hydrogen) atoms. The van der Waals surface area contributed by atoms with Crippen molar-refractivity contribution in [3.8, 4) is 0 Å². The fourth-order valence-electron chi connectivity index (χ4n) is 3.13. The summed E-state index contributed by atoms with van der Waals surface area (Å²) in [4.78, 5) is 14.7. The number of carbonyl (C=O) groups is 1. The van der Waals surface area contributed by atoms with Gasteiger partial charge in [-0.2, -0.15) is 0 Å². The van der Waals surface area contributed by atoms with E-state index in [2.05, 4.69) is 10.2 Å². The number of fused-ring (bicyclic) bond motifs is 3. The van der Waals surface area contributed by atoms with Crippen molar-refractivity contribution in [2.24, 2.45) is 5.92 Å². The summed E-state index contributed by atoms with van der Waals surface area (Å²) >= 11 is 5.75. The van der Waals surface area contributed by atoms with Crippen molar-refractivity contribution in [2.45, 2.75) is 24.8 Å². The molecule has 0 spiro atoms. The number of hydrogen-bond acceptors (Lipinski definition) is 2. The highest BCUT2D eigenvalue weighted by Crippen LogP contribution is 2.27. The van der Waals surface area contributed by atoms with Crippen molar-refractivity contribution in [1.29, 1.82) is 0 Å². The van der Waals surface area contributed by atoms with Gasteiger partial charge in [0.05, 0.1) is 0 Å². The van der Waals surface area contributed by atoms with Gasteiger partial charge < -0.3 is 10.2 Å². The van der Waals surface area contributed by atoms with Crippen LogP contribution in [0.1, 0.15) is 28.8 Å². The molecule has 1 aromatic rings. The lowest BCUT2D eigenvalue weighted by atomic mass is 9.84. The van der Waals surface area contributed by atoms with E-state index >= 15 is 0 Å². The summed E-state index contributed by atoms with van der Waals surface area (Å²) in [7, 11) is 0. The second-order valence-corrected chi connectivity index (χ2v) is 5.82. The molecule has 1 atom stereocenters. The van der Waals surface area contributed by atoms with Crippen LogP contribution in [0.4, 0.5) is 0 Å². The molecule has 4 rings (SSSR count). The van der Waals surface area contributed by atoms with Crippen LogP contribution in [0.15, 0.2) is 24.3 Å². The maximum atomic E-state index is 12.2. The van der Waals surface area contributed by atoms with Gasteiger partial charge in [0.2, 0.25) is 0 Å². The van der Waals surface area contributed by atoms with Gasteiger partial charge in [0.15, 0.2) is 0 Å². The Hall–Kier alpha value is -1.06. The third kappa shape index (κ3) is 2.77. The summed E-state index contributed by atoms with van der Waals surface area (Å²) in [6, 6.07) is 7.86. The minimum absolute atomic E-state index is 0.0415. The van der Waals surface area contributed by atoms with Crippen LogP contribution < -0.4 is 5.32 Å². The first-order valence-corrected chi connectivity index (χ1v) is 7.48. The molecule has 4 heteroatoms. The first kappa shape index (κ1) is 12.9. The van der Waals surface area contributed by atoms with Crippen molar-refractivity contribution in [3.63, 3.8) is 0 Å². The number of hydrogen-bond donors (Lipinski definition) is 1. The van der Waals surface area contributed by atoms with Crippen molar-refractivity contribution >= 4 is 17.5 Å². The van der Waals surface area contributed by atoms with Crippen molar-refractivity contribution in [1.82, 2.24) is 10.2 Å². The van der Waals surface area contributed by atoms with Crippen LogP contribution in [0.5, 0.6) is 0 Å². The molecule has 3 aliphatic heterocycles. The molecule has 3 aliphatic rings. The molecule has 3 nitrogen and oxygen atoms in total. The van der Waals surface area contributed by atoms with E-state index in [1.54, 1.807) is 0 Å². The van der Waals surface area contributed by atoms with Crippen molar-refractivity contribution < 1.29 is 4.79 Å². The maximum Gasteiger partial charge on any atom is 0.251 e. The second kappa shape index (κ2) is 5.51. The zero-order valence-electron chi connectivity index (χ0n) is 10.9. The van der Waals surface area contributed by atoms with Gasteiger partial charge in [0.25, 0.3) is 5.91 Å². The van der Waals surface area contributed by atoms with E-state index in [-0.39, 0.29) is 5.91 Å². The van der Waals surface area contributed by atoms with E-state index < -0.39 is 0 Å². The van der Waals surface area contributed by atoms with E-state index in [9.17, 15) is 4.79 Å². The third-order valence-electron chi connectivity index (χ3n) is 4.34. The summed E-state index contributed by atoms with van der Waals surface area (Å²) in [6.07, 6.45) is 2.44. The van der Waals surface area contributed by atoms with Gasteiger partial charge >= 0.3 is 0 Å². The fourth-order valence-corrected chi connectivity index (χ4v) is 3.30. The summed E-state index contributed by atoms with van der Waals surface area (Å²) in [5, 5.41) is 3.19. The number of halogens is 1. The average Bonchev–Trinajstić information content (AvgIpc) is 2.48. The summed E-state index contributed by atoms with van der Waals surface area (Å²) in [5.74, 6) is 1.19. The number of benzene rings is 1. The molecular weight excluding hydrogens is 260 g/mol. The second-order valence-electron chi connectivity index (χ2n) is 5.55. The minimum Gasteiger partial charge on any atom is -0.348 e. The molecule has 0 radical (unpaired) electrons. The Labute approximate surface area is 118 Å². The lowest BCUT2D eigenvalue weighted by molar-refractivity contribution is 0.0620. The highest BCUT2D eigenvalue weighted by Gasteiger charge is 2.34. The summed E-state index contributed by atoms with van der Waals surface area (Å²) in [5.41, 5.74) is 1.77. The van der Waals surface area contributed by atoms with Gasteiger partial charge in [-0.1, -0.05) is 12.1 Å². The first-order valence-electron chi connectivity index (χ1n) is 6.94. The van der Waals surface area contributed by atoms with Gasteiger partial charge in [-0.05, 0) is 49.5 Å². The Morgan fingerprint density at radius 1 is 1.26 bits per heavy atom. The molecule has 2 bridgehead atoms. The van der Waals surface area contributed by atoms with Crippen LogP contribution in [0.25, 0.3) is 0 Å². The normalized spacial score (nSPS) is 29.2. The number of piperidine rings is 3. The third-order valence-corrected chi connectivity index (χ3v) is 4.65. The number of rotatable bonds is 3. The molecule has 0 aliphatic carbocycles. The molecule has 0 aromatic heterocycles. The summed E-state index contributed by atoms with van der Waals surface area (Å²) < 4.78 is 0. The fraction of sp³-hybridized carbons (Fsp3) is 0.533. The number of nitrogens with zero attached hydrogens (tertiary/aromatic N) is 1. The predicted octanol–water partition coefficient (Wildman–Crippen LogP) is 2.25. The van der Waals surface area contributed by atoms with E-state index in [1.807, 2.05) is 24.3 Å². The minimum atomic E-state index is 0.0415. The maximum absolute atomic E-state index is 12.2. The Bertz CT molecular complexity index is 452. The number of carbonyl (C=O) groups excluding carboxylic acids is 1. The van der Waals surface area contributed by atoms with Crippen LogP contribution >= 0.6 is 11.6 Å². The lowest BCUT2D eigenvalue weighted by Crippen LogP contribution is -2.57. The van der Waals surface area contributed by atoms with Gasteiger partial charge in [0.1, 0.15) is 0 Å². The van der Waals surface area contributed by atoms with Gasteiger partial charge in [-0.3, -0.25) is 4.79 Å². The van der Waals surface area contributed by atoms with Gasteiger partial charge in [-0.15, -0.1) is 11.6 Å². The predicted molar refractivity (Wildman–Crippen MR) is 76.4 cm³/mol. The molecule has 0 saturated carbocycles. The Morgan fingerprint density at radius 2 is 1.95 bits per heavy atom. The molecule has 3 saturated heterocycles. The Morgan fingerprint density at radius 3 is 2.47 bits per heavy atom. The SMILES string of the molecule is O=C(N[C@@H]1CN2CCC1CC2)c1ccc(CCl)cc1. The summed E-state index contributed by atoms with van der Waals surface area (Å²) in [6.45, 7) is 3.40. The van der Waals surface area contributed by atoms with Crippen molar-refractivity contribution in [3.05, 3.63) is 35.4 Å². The number of nitrogens with one attached hydrogen (secondary N) is 1. The molecule has 1 aromatic carbocycles. The highest BCUT2D eigenvalue weighted by atomic mass is 35.5. The van der Waals surface area contributed by atoms with E-state index in [1.165, 1.54) is 25.9 Å². The first-order chi connectivity index (χ1) is 9.26. The lowest BCUT2D eigenvalue weighted by Gasteiger charge is -2.44. The Balaban J connectivity index is 1.64. The quantitative estimate of drug-likeness (QED) is 0.860. The average molecular weight is 279 g/mol. The monoisotopic (exact) mass is 278 g/mol. The van der Waals surface area contributed by atoms with Crippen LogP contribution in [0, 0.1) is 5.92 Å². The zero-order valence-corrected chi connectivity index (χ0v) is 11.7. The van der Waals surface area contributed by atoms with Crippen molar-refractivity contribution in [2.75, 3.05) is 19.6 Å². The van der Waals surface area contributed by atoms with E-state index in [0.29, 0.717) is 17.8 Å². The molecular formula is C15H19ClN2O. The molecule has 0 unspecified atom stereocenters. The van der Waals surface area contributed by atoms with Crippen LogP contribution in [0.2, 0.25) is 0 Å². The topological polar surface area (TPSA) is 32.3 Å². The molecule has 3 fully saturated rings. The Kier molecular flexibility index (Phi) is 3.76. The van der Waals surface area contributed by atoms with Crippen LogP contribution in [-0.2, 0) is 5.88 Å².